The van der Waals surface area contributed by atoms with Gasteiger partial charge in [0.2, 0.25) is 0 Å². The molecule has 0 bridgehead atoms. The van der Waals surface area contributed by atoms with Gasteiger partial charge in [-0.3, -0.25) is 5.10 Å². The van der Waals surface area contributed by atoms with Gasteiger partial charge in [-0.15, -0.1) is 0 Å². The highest BCUT2D eigenvalue weighted by atomic mass is 15.2. The van der Waals surface area contributed by atoms with Crippen LogP contribution in [0.25, 0.3) is 0 Å². The third-order valence-corrected chi connectivity index (χ3v) is 2.25. The first kappa shape index (κ1) is 10.2. The van der Waals surface area contributed by atoms with Crippen molar-refractivity contribution in [3.63, 3.8) is 0 Å². The molecule has 74 valence electrons. The van der Waals surface area contributed by atoms with E-state index < -0.39 is 0 Å². The van der Waals surface area contributed by atoms with Gasteiger partial charge in [-0.05, 0) is 12.8 Å². The van der Waals surface area contributed by atoms with E-state index in [0.29, 0.717) is 6.04 Å². The van der Waals surface area contributed by atoms with E-state index >= 15 is 0 Å². The van der Waals surface area contributed by atoms with Gasteiger partial charge in [0.25, 0.3) is 0 Å². The van der Waals surface area contributed by atoms with Crippen molar-refractivity contribution < 1.29 is 0 Å². The second-order valence-electron chi connectivity index (χ2n) is 3.15. The monoisotopic (exact) mass is 182 g/mol. The molecule has 4 heteroatoms. The number of H-pyrrole nitrogens is 1. The van der Waals surface area contributed by atoms with E-state index in [1.54, 1.807) is 6.33 Å². The summed E-state index contributed by atoms with van der Waals surface area (Å²) in [6.07, 6.45) is 4.85. The first-order chi connectivity index (χ1) is 6.36. The van der Waals surface area contributed by atoms with Crippen LogP contribution in [-0.4, -0.2) is 27.8 Å². The Balaban J connectivity index is 2.13. The molecule has 13 heavy (non-hydrogen) atoms. The Hall–Kier alpha value is -0.900. The lowest BCUT2D eigenvalue weighted by molar-refractivity contribution is 0.485. The highest BCUT2D eigenvalue weighted by Gasteiger charge is 2.01. The highest BCUT2D eigenvalue weighted by Crippen LogP contribution is 1.95. The van der Waals surface area contributed by atoms with Crippen LogP contribution in [0.2, 0.25) is 0 Å². The topological polar surface area (TPSA) is 53.6 Å². The average Bonchev–Trinajstić information content (AvgIpc) is 2.65. The minimum atomic E-state index is 0.642. The minimum absolute atomic E-state index is 0.642. The molecule has 0 fully saturated rings. The normalized spacial score (nSPS) is 11.0. The minimum Gasteiger partial charge on any atom is -0.314 e. The predicted molar refractivity (Wildman–Crippen MR) is 52.5 cm³/mol. The Labute approximate surface area is 79.2 Å². The van der Waals surface area contributed by atoms with Crippen molar-refractivity contribution in [3.05, 3.63) is 12.2 Å². The maximum absolute atomic E-state index is 4.06. The fourth-order valence-corrected chi connectivity index (χ4v) is 1.32. The average molecular weight is 182 g/mol. The zero-order chi connectivity index (χ0) is 9.52. The molecule has 1 rings (SSSR count). The van der Waals surface area contributed by atoms with Gasteiger partial charge in [-0.2, -0.15) is 5.10 Å². The zero-order valence-corrected chi connectivity index (χ0v) is 8.38. The summed E-state index contributed by atoms with van der Waals surface area (Å²) in [7, 11) is 0. The Morgan fingerprint density at radius 2 is 2.23 bits per heavy atom. The lowest BCUT2D eigenvalue weighted by atomic mass is 10.2. The van der Waals surface area contributed by atoms with Gasteiger partial charge in [-0.25, -0.2) is 4.98 Å². The molecule has 0 radical (unpaired) electrons. The van der Waals surface area contributed by atoms with Crippen molar-refractivity contribution in [3.8, 4) is 0 Å². The summed E-state index contributed by atoms with van der Waals surface area (Å²) < 4.78 is 0. The van der Waals surface area contributed by atoms with E-state index in [0.717, 1.165) is 18.8 Å². The molecule has 1 aromatic heterocycles. The molecule has 0 atom stereocenters. The summed E-state index contributed by atoms with van der Waals surface area (Å²) in [4.78, 5) is 4.06. The van der Waals surface area contributed by atoms with Gasteiger partial charge >= 0.3 is 0 Å². The molecule has 0 saturated carbocycles. The predicted octanol–water partition coefficient (Wildman–Crippen LogP) is 1.13. The van der Waals surface area contributed by atoms with Crippen LogP contribution in [-0.2, 0) is 6.42 Å². The van der Waals surface area contributed by atoms with Crippen molar-refractivity contribution in [1.82, 2.24) is 20.5 Å². The summed E-state index contributed by atoms with van der Waals surface area (Å²) in [5, 5.41) is 10.1. The second kappa shape index (κ2) is 5.70. The van der Waals surface area contributed by atoms with Crippen LogP contribution in [0.5, 0.6) is 0 Å². The third kappa shape index (κ3) is 3.55. The first-order valence-corrected chi connectivity index (χ1v) is 4.94. The number of rotatable bonds is 6. The Morgan fingerprint density at radius 3 is 2.77 bits per heavy atom. The number of nitrogens with one attached hydrogen (secondary N) is 2. The van der Waals surface area contributed by atoms with E-state index in [9.17, 15) is 0 Å². The number of aromatic amines is 1. The fourth-order valence-electron chi connectivity index (χ4n) is 1.32. The molecule has 4 nitrogen and oxygen atoms in total. The Bertz CT molecular complexity index is 203. The van der Waals surface area contributed by atoms with Crippen molar-refractivity contribution in [2.45, 2.75) is 39.2 Å². The lowest BCUT2D eigenvalue weighted by Gasteiger charge is -2.13. The van der Waals surface area contributed by atoms with Crippen molar-refractivity contribution in [2.75, 3.05) is 6.54 Å². The van der Waals surface area contributed by atoms with Crippen molar-refractivity contribution >= 4 is 0 Å². The second-order valence-corrected chi connectivity index (χ2v) is 3.15. The molecular weight excluding hydrogens is 164 g/mol. The van der Waals surface area contributed by atoms with E-state index in [4.69, 9.17) is 0 Å². The maximum atomic E-state index is 4.06. The molecule has 0 aromatic carbocycles. The SMILES string of the molecule is CCC(CC)NCCc1ncn[nH]1. The number of nitrogens with zero attached hydrogens (tertiary/aromatic N) is 2. The van der Waals surface area contributed by atoms with Crippen LogP contribution in [0.15, 0.2) is 6.33 Å². The fraction of sp³-hybridized carbons (Fsp3) is 0.778. The molecule has 0 aliphatic rings. The van der Waals surface area contributed by atoms with Crippen LogP contribution in [0, 0.1) is 0 Å². The van der Waals surface area contributed by atoms with Crippen LogP contribution < -0.4 is 5.32 Å². The van der Waals surface area contributed by atoms with Crippen molar-refractivity contribution in [1.29, 1.82) is 0 Å². The van der Waals surface area contributed by atoms with Gasteiger partial charge in [-0.1, -0.05) is 13.8 Å². The lowest BCUT2D eigenvalue weighted by Crippen LogP contribution is -2.29. The zero-order valence-electron chi connectivity index (χ0n) is 8.38. The van der Waals surface area contributed by atoms with Crippen molar-refractivity contribution in [2.24, 2.45) is 0 Å². The standard InChI is InChI=1S/C9H18N4/c1-3-8(4-2)10-6-5-9-11-7-12-13-9/h7-8,10H,3-6H2,1-2H3,(H,11,12,13). The molecule has 0 aliphatic carbocycles. The summed E-state index contributed by atoms with van der Waals surface area (Å²) in [6, 6.07) is 0.642. The molecule has 0 aliphatic heterocycles. The number of hydrogen-bond acceptors (Lipinski definition) is 3. The largest absolute Gasteiger partial charge is 0.314 e. The molecule has 0 saturated heterocycles. The molecule has 2 N–H and O–H groups in total. The Morgan fingerprint density at radius 1 is 1.46 bits per heavy atom. The molecule has 1 heterocycles. The van der Waals surface area contributed by atoms with E-state index in [1.165, 1.54) is 12.8 Å². The van der Waals surface area contributed by atoms with E-state index in [2.05, 4.69) is 34.3 Å². The summed E-state index contributed by atoms with van der Waals surface area (Å²) in [6.45, 7) is 5.38. The van der Waals surface area contributed by atoms with Gasteiger partial charge < -0.3 is 5.32 Å². The third-order valence-electron chi connectivity index (χ3n) is 2.25. The van der Waals surface area contributed by atoms with Crippen LogP contribution in [0.4, 0.5) is 0 Å². The first-order valence-electron chi connectivity index (χ1n) is 4.94. The molecule has 0 unspecified atom stereocenters. The van der Waals surface area contributed by atoms with Gasteiger partial charge in [0.15, 0.2) is 0 Å². The van der Waals surface area contributed by atoms with Gasteiger partial charge in [0.1, 0.15) is 12.2 Å². The number of aromatic nitrogens is 3. The maximum Gasteiger partial charge on any atom is 0.137 e. The quantitative estimate of drug-likeness (QED) is 0.693. The summed E-state index contributed by atoms with van der Waals surface area (Å²) >= 11 is 0. The van der Waals surface area contributed by atoms with Gasteiger partial charge in [0.05, 0.1) is 0 Å². The molecule has 0 amide bonds. The van der Waals surface area contributed by atoms with E-state index in [-0.39, 0.29) is 0 Å². The smallest absolute Gasteiger partial charge is 0.137 e. The highest BCUT2D eigenvalue weighted by molar-refractivity contribution is 4.81. The molecular formula is C9H18N4. The van der Waals surface area contributed by atoms with Gasteiger partial charge in [0, 0.05) is 19.0 Å². The molecule has 0 spiro atoms. The van der Waals surface area contributed by atoms with Crippen LogP contribution >= 0.6 is 0 Å². The van der Waals surface area contributed by atoms with E-state index in [1.807, 2.05) is 0 Å². The molecule has 1 aromatic rings. The number of hydrogen-bond donors (Lipinski definition) is 2. The van der Waals surface area contributed by atoms with Crippen LogP contribution in [0.1, 0.15) is 32.5 Å². The summed E-state index contributed by atoms with van der Waals surface area (Å²) in [5.41, 5.74) is 0. The van der Waals surface area contributed by atoms with Crippen LogP contribution in [0.3, 0.4) is 0 Å². The summed E-state index contributed by atoms with van der Waals surface area (Å²) in [5.74, 6) is 0.957. The Kier molecular flexibility index (Phi) is 4.46.